The summed E-state index contributed by atoms with van der Waals surface area (Å²) in [6, 6.07) is 4.43. The second-order valence-electron chi connectivity index (χ2n) is 4.88. The first kappa shape index (κ1) is 13.5. The van der Waals surface area contributed by atoms with Gasteiger partial charge in [-0.15, -0.1) is 0 Å². The van der Waals surface area contributed by atoms with Crippen molar-refractivity contribution < 1.29 is 9.72 Å². The van der Waals surface area contributed by atoms with E-state index in [-0.39, 0.29) is 11.6 Å². The number of aryl methyl sites for hydroxylation is 1. The Morgan fingerprint density at radius 1 is 1.53 bits per heavy atom. The lowest BCUT2D eigenvalue weighted by molar-refractivity contribution is -0.384. The standard InChI is InChI=1S/C13H17N3O3/c1-9-4-11(6-12(5-9)16(18)19)13(17)15-8-10-2-3-14-7-10/h4-6,10,14H,2-3,7-8H2,1H3,(H,15,17). The maximum atomic E-state index is 12.0. The molecule has 102 valence electrons. The summed E-state index contributed by atoms with van der Waals surface area (Å²) in [6.45, 7) is 4.24. The largest absolute Gasteiger partial charge is 0.352 e. The number of nitrogens with one attached hydrogen (secondary N) is 2. The monoisotopic (exact) mass is 263 g/mol. The van der Waals surface area contributed by atoms with Crippen LogP contribution in [-0.4, -0.2) is 30.5 Å². The van der Waals surface area contributed by atoms with Crippen LogP contribution in [-0.2, 0) is 0 Å². The fourth-order valence-electron chi connectivity index (χ4n) is 2.23. The van der Waals surface area contributed by atoms with Gasteiger partial charge in [-0.1, -0.05) is 0 Å². The number of carbonyl (C=O) groups excluding carboxylic acids is 1. The molecule has 2 N–H and O–H groups in total. The van der Waals surface area contributed by atoms with Crippen molar-refractivity contribution in [1.29, 1.82) is 0 Å². The van der Waals surface area contributed by atoms with E-state index in [1.807, 2.05) is 0 Å². The molecule has 1 saturated heterocycles. The average molecular weight is 263 g/mol. The first-order valence-electron chi connectivity index (χ1n) is 6.31. The van der Waals surface area contributed by atoms with Gasteiger partial charge in [0.1, 0.15) is 0 Å². The fraction of sp³-hybridized carbons (Fsp3) is 0.462. The quantitative estimate of drug-likeness (QED) is 0.632. The highest BCUT2D eigenvalue weighted by atomic mass is 16.6. The normalized spacial score (nSPS) is 18.3. The third kappa shape index (κ3) is 3.51. The van der Waals surface area contributed by atoms with Crippen LogP contribution in [0.1, 0.15) is 22.3 Å². The van der Waals surface area contributed by atoms with Crippen LogP contribution in [0.3, 0.4) is 0 Å². The molecule has 0 aromatic heterocycles. The van der Waals surface area contributed by atoms with Crippen LogP contribution in [0.2, 0.25) is 0 Å². The second-order valence-corrected chi connectivity index (χ2v) is 4.88. The SMILES string of the molecule is Cc1cc(C(=O)NCC2CCNC2)cc([N+](=O)[O-])c1. The first-order chi connectivity index (χ1) is 9.06. The van der Waals surface area contributed by atoms with Gasteiger partial charge < -0.3 is 10.6 Å². The summed E-state index contributed by atoms with van der Waals surface area (Å²) < 4.78 is 0. The topological polar surface area (TPSA) is 84.3 Å². The lowest BCUT2D eigenvalue weighted by atomic mass is 10.1. The molecule has 0 radical (unpaired) electrons. The van der Waals surface area contributed by atoms with Gasteiger partial charge in [-0.05, 0) is 44.0 Å². The number of carbonyl (C=O) groups is 1. The number of amides is 1. The molecule has 2 rings (SSSR count). The first-order valence-corrected chi connectivity index (χ1v) is 6.31. The van der Waals surface area contributed by atoms with Crippen LogP contribution in [0, 0.1) is 23.0 Å². The average Bonchev–Trinajstić information content (AvgIpc) is 2.88. The van der Waals surface area contributed by atoms with Crippen molar-refractivity contribution in [1.82, 2.24) is 10.6 Å². The Kier molecular flexibility index (Phi) is 4.11. The van der Waals surface area contributed by atoms with Gasteiger partial charge in [-0.2, -0.15) is 0 Å². The molecule has 0 saturated carbocycles. The van der Waals surface area contributed by atoms with Gasteiger partial charge in [0.2, 0.25) is 0 Å². The Morgan fingerprint density at radius 2 is 2.32 bits per heavy atom. The lowest BCUT2D eigenvalue weighted by Gasteiger charge is -2.10. The number of benzene rings is 1. The van der Waals surface area contributed by atoms with Crippen LogP contribution in [0.4, 0.5) is 5.69 Å². The molecule has 6 nitrogen and oxygen atoms in total. The maximum absolute atomic E-state index is 12.0. The van der Waals surface area contributed by atoms with E-state index in [2.05, 4.69) is 10.6 Å². The van der Waals surface area contributed by atoms with Crippen LogP contribution >= 0.6 is 0 Å². The van der Waals surface area contributed by atoms with Gasteiger partial charge >= 0.3 is 0 Å². The van der Waals surface area contributed by atoms with Crippen molar-refractivity contribution in [2.75, 3.05) is 19.6 Å². The highest BCUT2D eigenvalue weighted by Crippen LogP contribution is 2.16. The van der Waals surface area contributed by atoms with Gasteiger partial charge in [0.05, 0.1) is 4.92 Å². The minimum atomic E-state index is -0.481. The number of hydrogen-bond acceptors (Lipinski definition) is 4. The Hall–Kier alpha value is -1.95. The molecule has 1 aromatic carbocycles. The molecule has 1 atom stereocenters. The van der Waals surface area contributed by atoms with Crippen molar-refractivity contribution in [3.63, 3.8) is 0 Å². The molecular weight excluding hydrogens is 246 g/mol. The Morgan fingerprint density at radius 3 is 2.95 bits per heavy atom. The Labute approximate surface area is 111 Å². The fourth-order valence-corrected chi connectivity index (χ4v) is 2.23. The van der Waals surface area contributed by atoms with E-state index < -0.39 is 4.92 Å². The second kappa shape index (κ2) is 5.79. The molecule has 1 aromatic rings. The lowest BCUT2D eigenvalue weighted by Crippen LogP contribution is -2.30. The predicted molar refractivity (Wildman–Crippen MR) is 71.1 cm³/mol. The predicted octanol–water partition coefficient (Wildman–Crippen LogP) is 1.24. The summed E-state index contributed by atoms with van der Waals surface area (Å²) in [5.41, 5.74) is 1.01. The molecule has 1 aliphatic heterocycles. The van der Waals surface area contributed by atoms with E-state index in [1.165, 1.54) is 12.1 Å². The molecule has 0 spiro atoms. The molecule has 0 bridgehead atoms. The summed E-state index contributed by atoms with van der Waals surface area (Å²) in [5, 5.41) is 16.8. The van der Waals surface area contributed by atoms with Gasteiger partial charge in [0.25, 0.3) is 11.6 Å². The molecule has 19 heavy (non-hydrogen) atoms. The minimum Gasteiger partial charge on any atom is -0.352 e. The molecule has 1 heterocycles. The summed E-state index contributed by atoms with van der Waals surface area (Å²) in [5.74, 6) is 0.197. The van der Waals surface area contributed by atoms with Gasteiger partial charge in [-0.3, -0.25) is 14.9 Å². The molecule has 1 amide bonds. The molecular formula is C13H17N3O3. The summed E-state index contributed by atoms with van der Waals surface area (Å²) in [6.07, 6.45) is 1.05. The molecule has 1 unspecified atom stereocenters. The third-order valence-corrected chi connectivity index (χ3v) is 3.25. The van der Waals surface area contributed by atoms with E-state index in [1.54, 1.807) is 13.0 Å². The van der Waals surface area contributed by atoms with E-state index in [0.29, 0.717) is 23.6 Å². The Balaban J connectivity index is 2.03. The summed E-state index contributed by atoms with van der Waals surface area (Å²) in [7, 11) is 0. The zero-order chi connectivity index (χ0) is 13.8. The zero-order valence-electron chi connectivity index (χ0n) is 10.8. The smallest absolute Gasteiger partial charge is 0.270 e. The van der Waals surface area contributed by atoms with Gasteiger partial charge in [0.15, 0.2) is 0 Å². The maximum Gasteiger partial charge on any atom is 0.270 e. The van der Waals surface area contributed by atoms with Crippen LogP contribution in [0.15, 0.2) is 18.2 Å². The van der Waals surface area contributed by atoms with E-state index in [4.69, 9.17) is 0 Å². The number of non-ortho nitro benzene ring substituents is 1. The van der Waals surface area contributed by atoms with E-state index >= 15 is 0 Å². The van der Waals surface area contributed by atoms with Crippen molar-refractivity contribution in [2.24, 2.45) is 5.92 Å². The molecule has 1 aliphatic rings. The number of hydrogen-bond donors (Lipinski definition) is 2. The van der Waals surface area contributed by atoms with Crippen LogP contribution < -0.4 is 10.6 Å². The number of nitro benzene ring substituents is 1. The highest BCUT2D eigenvalue weighted by molar-refractivity contribution is 5.95. The number of nitrogens with zero attached hydrogens (tertiary/aromatic N) is 1. The number of rotatable bonds is 4. The van der Waals surface area contributed by atoms with Crippen molar-refractivity contribution in [3.05, 3.63) is 39.4 Å². The zero-order valence-corrected chi connectivity index (χ0v) is 10.8. The van der Waals surface area contributed by atoms with Crippen molar-refractivity contribution in [2.45, 2.75) is 13.3 Å². The highest BCUT2D eigenvalue weighted by Gasteiger charge is 2.17. The molecule has 6 heteroatoms. The summed E-state index contributed by atoms with van der Waals surface area (Å²) in [4.78, 5) is 22.3. The number of nitro groups is 1. The van der Waals surface area contributed by atoms with Crippen molar-refractivity contribution in [3.8, 4) is 0 Å². The van der Waals surface area contributed by atoms with Crippen LogP contribution in [0.25, 0.3) is 0 Å². The molecule has 1 fully saturated rings. The third-order valence-electron chi connectivity index (χ3n) is 3.25. The Bertz CT molecular complexity index is 496. The summed E-state index contributed by atoms with van der Waals surface area (Å²) >= 11 is 0. The van der Waals surface area contributed by atoms with Gasteiger partial charge in [-0.25, -0.2) is 0 Å². The van der Waals surface area contributed by atoms with E-state index in [9.17, 15) is 14.9 Å². The molecule has 0 aliphatic carbocycles. The minimum absolute atomic E-state index is 0.0484. The van der Waals surface area contributed by atoms with Crippen molar-refractivity contribution >= 4 is 11.6 Å². The van der Waals surface area contributed by atoms with E-state index in [0.717, 1.165) is 19.5 Å². The van der Waals surface area contributed by atoms with Crippen LogP contribution in [0.5, 0.6) is 0 Å². The van der Waals surface area contributed by atoms with Gasteiger partial charge in [0, 0.05) is 24.2 Å².